The van der Waals surface area contributed by atoms with Crippen molar-refractivity contribution in [3.63, 3.8) is 0 Å². The summed E-state index contributed by atoms with van der Waals surface area (Å²) in [5.74, 6) is 0.522. The third kappa shape index (κ3) is 3.97. The number of hydrogen-bond donors (Lipinski definition) is 0. The molecule has 1 aromatic heterocycles. The predicted molar refractivity (Wildman–Crippen MR) is 89.1 cm³/mol. The molecule has 1 amide bonds. The number of aromatic nitrogens is 1. The summed E-state index contributed by atoms with van der Waals surface area (Å²) >= 11 is 7.07. The molecule has 5 nitrogen and oxygen atoms in total. The van der Waals surface area contributed by atoms with Crippen LogP contribution in [0.5, 0.6) is 5.75 Å². The van der Waals surface area contributed by atoms with Crippen molar-refractivity contribution in [2.24, 2.45) is 0 Å². The van der Waals surface area contributed by atoms with Crippen LogP contribution in [0.2, 0.25) is 0 Å². The molecule has 0 N–H and O–H groups in total. The number of thiazole rings is 1. The molecule has 0 aliphatic rings. The van der Waals surface area contributed by atoms with Gasteiger partial charge in [0.25, 0.3) is 0 Å². The number of ether oxygens (including phenoxy) is 2. The van der Waals surface area contributed by atoms with Crippen molar-refractivity contribution in [3.8, 4) is 17.0 Å². The highest BCUT2D eigenvalue weighted by Crippen LogP contribution is 2.28. The summed E-state index contributed by atoms with van der Waals surface area (Å²) in [6.07, 6.45) is 0. The number of halogens is 1. The summed E-state index contributed by atoms with van der Waals surface area (Å²) < 4.78 is 10.2. The lowest BCUT2D eigenvalue weighted by Gasteiger charge is -2.17. The minimum atomic E-state index is -0.186. The van der Waals surface area contributed by atoms with E-state index in [-0.39, 0.29) is 11.8 Å². The zero-order valence-corrected chi connectivity index (χ0v) is 14.0. The van der Waals surface area contributed by atoms with Gasteiger partial charge >= 0.3 is 0 Å². The minimum absolute atomic E-state index is 0.0822. The Morgan fingerprint density at radius 1 is 1.32 bits per heavy atom. The number of alkyl halides is 1. The van der Waals surface area contributed by atoms with E-state index >= 15 is 0 Å². The Kier molecular flexibility index (Phi) is 6.18. The van der Waals surface area contributed by atoms with Crippen LogP contribution >= 0.6 is 22.9 Å². The minimum Gasteiger partial charge on any atom is -0.497 e. The van der Waals surface area contributed by atoms with Crippen molar-refractivity contribution in [1.82, 2.24) is 4.98 Å². The molecule has 0 radical (unpaired) electrons. The third-order valence-electron chi connectivity index (χ3n) is 3.04. The smallest absolute Gasteiger partial charge is 0.243 e. The molecule has 0 aliphatic carbocycles. The van der Waals surface area contributed by atoms with Gasteiger partial charge in [0.1, 0.15) is 11.6 Å². The Bertz CT molecular complexity index is 616. The molecule has 0 saturated carbocycles. The third-order valence-corrected chi connectivity index (χ3v) is 4.14. The lowest BCUT2D eigenvalue weighted by molar-refractivity contribution is -0.116. The number of benzene rings is 1. The predicted octanol–water partition coefficient (Wildman–Crippen LogP) is 3.04. The van der Waals surface area contributed by atoms with Crippen LogP contribution in [0.25, 0.3) is 11.3 Å². The van der Waals surface area contributed by atoms with Crippen LogP contribution in [0.1, 0.15) is 0 Å². The van der Waals surface area contributed by atoms with Gasteiger partial charge in [-0.25, -0.2) is 4.98 Å². The zero-order valence-electron chi connectivity index (χ0n) is 12.4. The quantitative estimate of drug-likeness (QED) is 0.727. The van der Waals surface area contributed by atoms with E-state index in [1.165, 1.54) is 11.3 Å². The largest absolute Gasteiger partial charge is 0.497 e. The topological polar surface area (TPSA) is 51.7 Å². The van der Waals surface area contributed by atoms with Crippen molar-refractivity contribution < 1.29 is 14.3 Å². The van der Waals surface area contributed by atoms with E-state index in [0.717, 1.165) is 17.0 Å². The Balaban J connectivity index is 2.21. The van der Waals surface area contributed by atoms with E-state index in [4.69, 9.17) is 21.1 Å². The SMILES string of the molecule is COCCN(C(=O)CCl)c1nc(-c2ccc(OC)cc2)cs1. The fourth-order valence-electron chi connectivity index (χ4n) is 1.86. The van der Waals surface area contributed by atoms with Crippen molar-refractivity contribution in [2.45, 2.75) is 0 Å². The Morgan fingerprint density at radius 2 is 2.05 bits per heavy atom. The zero-order chi connectivity index (χ0) is 15.9. The summed E-state index contributed by atoms with van der Waals surface area (Å²) in [7, 11) is 3.22. The highest BCUT2D eigenvalue weighted by Gasteiger charge is 2.18. The normalized spacial score (nSPS) is 10.5. The fraction of sp³-hybridized carbons (Fsp3) is 0.333. The first-order valence-corrected chi connectivity index (χ1v) is 8.06. The molecule has 118 valence electrons. The van der Waals surface area contributed by atoms with Crippen molar-refractivity contribution in [2.75, 3.05) is 38.2 Å². The lowest BCUT2D eigenvalue weighted by atomic mass is 10.2. The van der Waals surface area contributed by atoms with Gasteiger partial charge in [0.2, 0.25) is 5.91 Å². The van der Waals surface area contributed by atoms with Crippen molar-refractivity contribution in [3.05, 3.63) is 29.6 Å². The van der Waals surface area contributed by atoms with Crippen LogP contribution < -0.4 is 9.64 Å². The maximum absolute atomic E-state index is 11.9. The second-order valence-corrected chi connectivity index (χ2v) is 5.52. The van der Waals surface area contributed by atoms with E-state index in [9.17, 15) is 4.79 Å². The maximum atomic E-state index is 11.9. The second kappa shape index (κ2) is 8.12. The Labute approximate surface area is 138 Å². The molecule has 2 rings (SSSR count). The van der Waals surface area contributed by atoms with Gasteiger partial charge in [-0.1, -0.05) is 0 Å². The van der Waals surface area contributed by atoms with Crippen LogP contribution in [0.15, 0.2) is 29.6 Å². The molecule has 7 heteroatoms. The Morgan fingerprint density at radius 3 is 2.64 bits per heavy atom. The number of rotatable bonds is 7. The molecule has 2 aromatic rings. The number of carbonyl (C=O) groups excluding carboxylic acids is 1. The van der Waals surface area contributed by atoms with Crippen molar-refractivity contribution >= 4 is 34.0 Å². The average Bonchev–Trinajstić information content (AvgIpc) is 3.04. The first-order chi connectivity index (χ1) is 10.7. The number of carbonyl (C=O) groups is 1. The molecule has 1 aromatic carbocycles. The molecule has 1 heterocycles. The van der Waals surface area contributed by atoms with Gasteiger partial charge < -0.3 is 9.47 Å². The molecule has 22 heavy (non-hydrogen) atoms. The molecular weight excluding hydrogens is 324 g/mol. The average molecular weight is 341 g/mol. The van der Waals surface area contributed by atoms with Gasteiger partial charge in [0.15, 0.2) is 5.13 Å². The van der Waals surface area contributed by atoms with E-state index in [1.54, 1.807) is 19.1 Å². The van der Waals surface area contributed by atoms with Gasteiger partial charge in [-0.3, -0.25) is 9.69 Å². The van der Waals surface area contributed by atoms with E-state index in [1.807, 2.05) is 29.6 Å². The number of amides is 1. The molecule has 0 spiro atoms. The first-order valence-electron chi connectivity index (χ1n) is 6.64. The highest BCUT2D eigenvalue weighted by molar-refractivity contribution is 7.14. The summed E-state index contributed by atoms with van der Waals surface area (Å²) in [5, 5.41) is 2.53. The van der Waals surface area contributed by atoms with E-state index in [0.29, 0.717) is 18.3 Å². The molecular formula is C15H17ClN2O3S. The molecule has 0 unspecified atom stereocenters. The number of nitrogens with zero attached hydrogens (tertiary/aromatic N) is 2. The van der Waals surface area contributed by atoms with Crippen LogP contribution in [0, 0.1) is 0 Å². The van der Waals surface area contributed by atoms with E-state index in [2.05, 4.69) is 4.98 Å². The summed E-state index contributed by atoms with van der Waals surface area (Å²) in [4.78, 5) is 18.0. The molecule has 0 atom stereocenters. The maximum Gasteiger partial charge on any atom is 0.243 e. The molecule has 0 fully saturated rings. The Hall–Kier alpha value is -1.63. The molecule has 0 saturated heterocycles. The number of hydrogen-bond acceptors (Lipinski definition) is 5. The van der Waals surface area contributed by atoms with Gasteiger partial charge in [0.05, 0.1) is 26.0 Å². The monoisotopic (exact) mass is 340 g/mol. The number of anilines is 1. The van der Waals surface area contributed by atoms with Gasteiger partial charge in [0, 0.05) is 18.1 Å². The van der Waals surface area contributed by atoms with Gasteiger partial charge in [-0.2, -0.15) is 0 Å². The second-order valence-electron chi connectivity index (χ2n) is 4.42. The summed E-state index contributed by atoms with van der Waals surface area (Å²) in [6, 6.07) is 7.61. The molecule has 0 bridgehead atoms. The lowest BCUT2D eigenvalue weighted by Crippen LogP contribution is -2.34. The fourth-order valence-corrected chi connectivity index (χ4v) is 2.89. The van der Waals surface area contributed by atoms with Crippen LogP contribution in [0.4, 0.5) is 5.13 Å². The standard InChI is InChI=1S/C15H17ClN2O3S/c1-20-8-7-18(14(19)9-16)15-17-13(10-22-15)11-3-5-12(21-2)6-4-11/h3-6,10H,7-9H2,1-2H3. The van der Waals surface area contributed by atoms with Crippen molar-refractivity contribution in [1.29, 1.82) is 0 Å². The highest BCUT2D eigenvalue weighted by atomic mass is 35.5. The summed E-state index contributed by atoms with van der Waals surface area (Å²) in [6.45, 7) is 0.859. The van der Waals surface area contributed by atoms with Crippen LogP contribution in [0.3, 0.4) is 0 Å². The van der Waals surface area contributed by atoms with Gasteiger partial charge in [-0.15, -0.1) is 22.9 Å². The molecule has 0 aliphatic heterocycles. The van der Waals surface area contributed by atoms with Gasteiger partial charge in [-0.05, 0) is 24.3 Å². The number of methoxy groups -OCH3 is 2. The summed E-state index contributed by atoms with van der Waals surface area (Å²) in [5.41, 5.74) is 1.78. The van der Waals surface area contributed by atoms with E-state index < -0.39 is 0 Å². The first kappa shape index (κ1) is 16.7. The van der Waals surface area contributed by atoms with Crippen LogP contribution in [-0.2, 0) is 9.53 Å². The van der Waals surface area contributed by atoms with Crippen LogP contribution in [-0.4, -0.2) is 44.1 Å².